The van der Waals surface area contributed by atoms with Gasteiger partial charge in [0.05, 0.1) is 5.69 Å². The SMILES string of the molecule is Cc1c(N=C=O)cc2ccccc2c1C. The number of hydrogen-bond acceptors (Lipinski definition) is 2. The van der Waals surface area contributed by atoms with Crippen LogP contribution >= 0.6 is 0 Å². The van der Waals surface area contributed by atoms with Crippen LogP contribution in [0.4, 0.5) is 5.69 Å². The van der Waals surface area contributed by atoms with Crippen LogP contribution in [0.25, 0.3) is 10.8 Å². The Bertz CT molecular complexity index is 566. The van der Waals surface area contributed by atoms with Crippen LogP contribution in [-0.4, -0.2) is 6.08 Å². The van der Waals surface area contributed by atoms with Crippen molar-refractivity contribution in [2.45, 2.75) is 13.8 Å². The number of fused-ring (bicyclic) bond motifs is 1. The van der Waals surface area contributed by atoms with Crippen molar-refractivity contribution < 1.29 is 4.79 Å². The third-order valence-corrected chi connectivity index (χ3v) is 2.77. The average molecular weight is 197 g/mol. The number of isocyanates is 1. The summed E-state index contributed by atoms with van der Waals surface area (Å²) in [6.45, 7) is 4.01. The molecule has 0 bridgehead atoms. The Morgan fingerprint density at radius 2 is 1.87 bits per heavy atom. The molecular weight excluding hydrogens is 186 g/mol. The molecule has 74 valence electrons. The van der Waals surface area contributed by atoms with Gasteiger partial charge in [-0.05, 0) is 41.8 Å². The van der Waals surface area contributed by atoms with Gasteiger partial charge in [0, 0.05) is 0 Å². The van der Waals surface area contributed by atoms with Crippen LogP contribution in [0.1, 0.15) is 11.1 Å². The predicted molar refractivity (Wildman–Crippen MR) is 61.2 cm³/mol. The number of nitrogens with zero attached hydrogens (tertiary/aromatic N) is 1. The van der Waals surface area contributed by atoms with Gasteiger partial charge in [-0.3, -0.25) is 0 Å². The van der Waals surface area contributed by atoms with Gasteiger partial charge in [0.2, 0.25) is 6.08 Å². The van der Waals surface area contributed by atoms with Gasteiger partial charge in [-0.25, -0.2) is 4.79 Å². The monoisotopic (exact) mass is 197 g/mol. The van der Waals surface area contributed by atoms with Gasteiger partial charge >= 0.3 is 0 Å². The largest absolute Gasteiger partial charge is 0.240 e. The first-order valence-corrected chi connectivity index (χ1v) is 4.81. The Balaban J connectivity index is 2.88. The molecule has 2 rings (SSSR count). The van der Waals surface area contributed by atoms with Crippen LogP contribution in [0, 0.1) is 13.8 Å². The number of aryl methyl sites for hydroxylation is 1. The van der Waals surface area contributed by atoms with Crippen LogP contribution < -0.4 is 0 Å². The van der Waals surface area contributed by atoms with Crippen LogP contribution in [0.2, 0.25) is 0 Å². The maximum atomic E-state index is 10.3. The van der Waals surface area contributed by atoms with Crippen LogP contribution in [0.3, 0.4) is 0 Å². The molecule has 0 fully saturated rings. The van der Waals surface area contributed by atoms with Gasteiger partial charge in [-0.15, -0.1) is 0 Å². The van der Waals surface area contributed by atoms with Crippen molar-refractivity contribution in [1.29, 1.82) is 0 Å². The van der Waals surface area contributed by atoms with Crippen molar-refractivity contribution in [3.05, 3.63) is 41.5 Å². The Kier molecular flexibility index (Phi) is 2.36. The first kappa shape index (κ1) is 9.63. The lowest BCUT2D eigenvalue weighted by molar-refractivity contribution is 0.565. The summed E-state index contributed by atoms with van der Waals surface area (Å²) in [6, 6.07) is 10.0. The molecule has 2 nitrogen and oxygen atoms in total. The van der Waals surface area contributed by atoms with Gasteiger partial charge < -0.3 is 0 Å². The number of aliphatic imine (C=N–C) groups is 1. The van der Waals surface area contributed by atoms with E-state index in [9.17, 15) is 4.79 Å². The topological polar surface area (TPSA) is 29.4 Å². The van der Waals surface area contributed by atoms with E-state index in [1.807, 2.05) is 38.1 Å². The Morgan fingerprint density at radius 1 is 1.13 bits per heavy atom. The van der Waals surface area contributed by atoms with Crippen molar-refractivity contribution in [1.82, 2.24) is 0 Å². The molecule has 2 heteroatoms. The summed E-state index contributed by atoms with van der Waals surface area (Å²) in [7, 11) is 0. The summed E-state index contributed by atoms with van der Waals surface area (Å²) in [6.07, 6.45) is 1.59. The molecule has 0 saturated heterocycles. The molecular formula is C13H11NO. The second-order valence-corrected chi connectivity index (χ2v) is 3.57. The van der Waals surface area contributed by atoms with Crippen molar-refractivity contribution in [3.63, 3.8) is 0 Å². The predicted octanol–water partition coefficient (Wildman–Crippen LogP) is 3.42. The Morgan fingerprint density at radius 3 is 2.60 bits per heavy atom. The molecule has 0 aliphatic carbocycles. The third kappa shape index (κ3) is 1.56. The van der Waals surface area contributed by atoms with Crippen molar-refractivity contribution in [2.24, 2.45) is 4.99 Å². The lowest BCUT2D eigenvalue weighted by atomic mass is 9.99. The van der Waals surface area contributed by atoms with E-state index in [1.54, 1.807) is 6.08 Å². The van der Waals surface area contributed by atoms with Crippen molar-refractivity contribution >= 4 is 22.5 Å². The molecule has 0 unspecified atom stereocenters. The molecule has 0 aromatic heterocycles. The van der Waals surface area contributed by atoms with Crippen molar-refractivity contribution in [3.8, 4) is 0 Å². The summed E-state index contributed by atoms with van der Waals surface area (Å²) >= 11 is 0. The maximum Gasteiger partial charge on any atom is 0.240 e. The number of carbonyl (C=O) groups excluding carboxylic acids is 1. The van der Waals surface area contributed by atoms with E-state index < -0.39 is 0 Å². The van der Waals surface area contributed by atoms with Crippen molar-refractivity contribution in [2.75, 3.05) is 0 Å². The van der Waals surface area contributed by atoms with E-state index in [0.29, 0.717) is 5.69 Å². The van der Waals surface area contributed by atoms with Gasteiger partial charge in [0.25, 0.3) is 0 Å². The summed E-state index contributed by atoms with van der Waals surface area (Å²) in [5.74, 6) is 0. The lowest BCUT2D eigenvalue weighted by Gasteiger charge is -2.07. The normalized spacial score (nSPS) is 10.0. The molecule has 0 saturated carbocycles. The second kappa shape index (κ2) is 3.68. The molecule has 0 aliphatic rings. The van der Waals surface area contributed by atoms with E-state index in [-0.39, 0.29) is 0 Å². The summed E-state index contributed by atoms with van der Waals surface area (Å²) in [4.78, 5) is 14.0. The molecule has 15 heavy (non-hydrogen) atoms. The van der Waals surface area contributed by atoms with Crippen LogP contribution in [0.5, 0.6) is 0 Å². The highest BCUT2D eigenvalue weighted by molar-refractivity contribution is 5.90. The minimum absolute atomic E-state index is 0.709. The zero-order valence-electron chi connectivity index (χ0n) is 8.74. The third-order valence-electron chi connectivity index (χ3n) is 2.77. The van der Waals surface area contributed by atoms with E-state index in [4.69, 9.17) is 0 Å². The highest BCUT2D eigenvalue weighted by atomic mass is 16.1. The quantitative estimate of drug-likeness (QED) is 0.508. The summed E-state index contributed by atoms with van der Waals surface area (Å²) < 4.78 is 0. The van der Waals surface area contributed by atoms with E-state index >= 15 is 0 Å². The fourth-order valence-electron chi connectivity index (χ4n) is 1.78. The molecule has 0 amide bonds. The fraction of sp³-hybridized carbons (Fsp3) is 0.154. The van der Waals surface area contributed by atoms with Crippen LogP contribution in [-0.2, 0) is 4.79 Å². The van der Waals surface area contributed by atoms with E-state index in [1.165, 1.54) is 10.9 Å². The van der Waals surface area contributed by atoms with Gasteiger partial charge in [0.1, 0.15) is 0 Å². The molecule has 2 aromatic rings. The molecule has 0 heterocycles. The molecule has 0 spiro atoms. The highest BCUT2D eigenvalue weighted by Gasteiger charge is 2.05. The maximum absolute atomic E-state index is 10.3. The number of rotatable bonds is 1. The second-order valence-electron chi connectivity index (χ2n) is 3.57. The summed E-state index contributed by atoms with van der Waals surface area (Å²) in [5, 5.41) is 2.31. The Labute approximate surface area is 88.3 Å². The number of benzene rings is 2. The number of hydrogen-bond donors (Lipinski definition) is 0. The summed E-state index contributed by atoms with van der Waals surface area (Å²) in [5.41, 5.74) is 2.92. The minimum atomic E-state index is 0.709. The van der Waals surface area contributed by atoms with Gasteiger partial charge in [-0.1, -0.05) is 24.3 Å². The zero-order chi connectivity index (χ0) is 10.8. The highest BCUT2D eigenvalue weighted by Crippen LogP contribution is 2.29. The molecule has 0 N–H and O–H groups in total. The minimum Gasteiger partial charge on any atom is -0.211 e. The molecule has 0 radical (unpaired) electrons. The first-order valence-electron chi connectivity index (χ1n) is 4.81. The Hall–Kier alpha value is -1.92. The van der Waals surface area contributed by atoms with E-state index in [0.717, 1.165) is 10.9 Å². The lowest BCUT2D eigenvalue weighted by Crippen LogP contribution is -1.84. The van der Waals surface area contributed by atoms with Crippen LogP contribution in [0.15, 0.2) is 35.3 Å². The smallest absolute Gasteiger partial charge is 0.211 e. The first-order chi connectivity index (χ1) is 7.24. The standard InChI is InChI=1S/C13H11NO/c1-9-10(2)13(14-8-15)7-11-5-3-4-6-12(9)11/h3-7H,1-2H3. The fourth-order valence-corrected chi connectivity index (χ4v) is 1.78. The molecule has 2 aromatic carbocycles. The molecule has 0 atom stereocenters. The van der Waals surface area contributed by atoms with E-state index in [2.05, 4.69) is 11.1 Å². The van der Waals surface area contributed by atoms with Gasteiger partial charge in [0.15, 0.2) is 0 Å². The zero-order valence-corrected chi connectivity index (χ0v) is 8.74. The molecule has 0 aliphatic heterocycles. The van der Waals surface area contributed by atoms with Gasteiger partial charge in [-0.2, -0.15) is 4.99 Å². The average Bonchev–Trinajstić information content (AvgIpc) is 2.26.